The first kappa shape index (κ1) is 14.6. The van der Waals surface area contributed by atoms with Crippen LogP contribution in [0.1, 0.15) is 18.3 Å². The van der Waals surface area contributed by atoms with Gasteiger partial charge in [0.25, 0.3) is 0 Å². The lowest BCUT2D eigenvalue weighted by atomic mass is 10.3. The van der Waals surface area contributed by atoms with Crippen molar-refractivity contribution in [2.24, 2.45) is 0 Å². The molecule has 6 heteroatoms. The van der Waals surface area contributed by atoms with Crippen LogP contribution in [-0.4, -0.2) is 9.78 Å². The van der Waals surface area contributed by atoms with E-state index in [0.29, 0.717) is 10.7 Å². The maximum Gasteiger partial charge on any atom is 0.0855 e. The number of aromatic nitrogens is 2. The Morgan fingerprint density at radius 1 is 1.37 bits per heavy atom. The first-order chi connectivity index (χ1) is 9.02. The van der Waals surface area contributed by atoms with Crippen LogP contribution in [0, 0.1) is 6.92 Å². The zero-order chi connectivity index (χ0) is 14.0. The molecule has 0 amide bonds. The molecule has 0 aliphatic heterocycles. The monoisotopic (exact) mass is 315 g/mol. The molecular formula is C13H15Cl2N3S. The van der Waals surface area contributed by atoms with Gasteiger partial charge in [-0.05, 0) is 32.0 Å². The summed E-state index contributed by atoms with van der Waals surface area (Å²) in [4.78, 5) is 0.994. The fraction of sp³-hybridized carbons (Fsp3) is 0.308. The highest BCUT2D eigenvalue weighted by atomic mass is 35.5. The van der Waals surface area contributed by atoms with E-state index in [1.54, 1.807) is 17.8 Å². The van der Waals surface area contributed by atoms with Crippen molar-refractivity contribution in [1.29, 1.82) is 0 Å². The molecule has 2 N–H and O–H groups in total. The van der Waals surface area contributed by atoms with Crippen LogP contribution in [0.2, 0.25) is 10.0 Å². The summed E-state index contributed by atoms with van der Waals surface area (Å²) in [5, 5.41) is 5.80. The van der Waals surface area contributed by atoms with Crippen LogP contribution in [-0.2, 0) is 12.3 Å². The van der Waals surface area contributed by atoms with Crippen molar-refractivity contribution in [3.05, 3.63) is 39.6 Å². The quantitative estimate of drug-likeness (QED) is 0.672. The van der Waals surface area contributed by atoms with Crippen molar-refractivity contribution in [2.45, 2.75) is 31.0 Å². The molecule has 2 rings (SSSR count). The van der Waals surface area contributed by atoms with E-state index in [1.165, 1.54) is 0 Å². The number of halogens is 2. The summed E-state index contributed by atoms with van der Waals surface area (Å²) < 4.78 is 1.93. The average molecular weight is 316 g/mol. The Hall–Kier alpha value is -0.840. The lowest BCUT2D eigenvalue weighted by molar-refractivity contribution is 0.632. The van der Waals surface area contributed by atoms with Crippen LogP contribution < -0.4 is 5.73 Å². The maximum absolute atomic E-state index is 6.27. The van der Waals surface area contributed by atoms with Gasteiger partial charge in [-0.3, -0.25) is 4.68 Å². The number of rotatable bonds is 4. The summed E-state index contributed by atoms with van der Waals surface area (Å²) in [5.41, 5.74) is 8.24. The molecule has 0 saturated carbocycles. The van der Waals surface area contributed by atoms with Gasteiger partial charge in [-0.1, -0.05) is 23.2 Å². The molecule has 0 spiro atoms. The van der Waals surface area contributed by atoms with E-state index < -0.39 is 0 Å². The number of hydrogen-bond donors (Lipinski definition) is 1. The number of hydrogen-bond acceptors (Lipinski definition) is 3. The molecule has 0 unspecified atom stereocenters. The molecule has 0 bridgehead atoms. The minimum Gasteiger partial charge on any atom is -0.399 e. The topological polar surface area (TPSA) is 43.8 Å². The van der Waals surface area contributed by atoms with Gasteiger partial charge in [-0.2, -0.15) is 5.10 Å². The summed E-state index contributed by atoms with van der Waals surface area (Å²) in [6, 6.07) is 5.53. The zero-order valence-corrected chi connectivity index (χ0v) is 13.1. The second kappa shape index (κ2) is 6.07. The van der Waals surface area contributed by atoms with E-state index in [4.69, 9.17) is 28.9 Å². The number of benzene rings is 1. The average Bonchev–Trinajstić information content (AvgIpc) is 2.65. The number of nitrogens with two attached hydrogens (primary N) is 1. The summed E-state index contributed by atoms with van der Waals surface area (Å²) in [7, 11) is 0. The third-order valence-corrected chi connectivity index (χ3v) is 4.77. The van der Waals surface area contributed by atoms with Crippen molar-refractivity contribution < 1.29 is 0 Å². The van der Waals surface area contributed by atoms with Crippen LogP contribution in [0.3, 0.4) is 0 Å². The molecule has 3 nitrogen and oxygen atoms in total. The predicted molar refractivity (Wildman–Crippen MR) is 83.1 cm³/mol. The second-order valence-electron chi connectivity index (χ2n) is 4.14. The van der Waals surface area contributed by atoms with Crippen molar-refractivity contribution in [3.8, 4) is 0 Å². The maximum atomic E-state index is 6.27. The van der Waals surface area contributed by atoms with E-state index in [-0.39, 0.29) is 0 Å². The van der Waals surface area contributed by atoms with E-state index in [2.05, 4.69) is 5.10 Å². The van der Waals surface area contributed by atoms with Gasteiger partial charge in [-0.15, -0.1) is 11.8 Å². The molecule has 0 aliphatic rings. The van der Waals surface area contributed by atoms with E-state index >= 15 is 0 Å². The number of nitrogen functional groups attached to an aromatic ring is 1. The lowest BCUT2D eigenvalue weighted by Crippen LogP contribution is -2.01. The van der Waals surface area contributed by atoms with Crippen molar-refractivity contribution in [2.75, 3.05) is 5.73 Å². The predicted octanol–water partition coefficient (Wildman–Crippen LogP) is 4.39. The molecule has 1 heterocycles. The van der Waals surface area contributed by atoms with Crippen LogP contribution in [0.15, 0.2) is 23.1 Å². The number of thioether (sulfide) groups is 1. The molecule has 0 aliphatic carbocycles. The Labute approximate surface area is 127 Å². The molecule has 0 radical (unpaired) electrons. The molecule has 0 fully saturated rings. The van der Waals surface area contributed by atoms with E-state index in [0.717, 1.165) is 33.6 Å². The van der Waals surface area contributed by atoms with Gasteiger partial charge >= 0.3 is 0 Å². The third kappa shape index (κ3) is 3.19. The summed E-state index contributed by atoms with van der Waals surface area (Å²) in [5.74, 6) is 0.733. The van der Waals surface area contributed by atoms with Gasteiger partial charge in [0.15, 0.2) is 0 Å². The normalized spacial score (nSPS) is 10.9. The molecule has 19 heavy (non-hydrogen) atoms. The zero-order valence-electron chi connectivity index (χ0n) is 10.8. The van der Waals surface area contributed by atoms with Crippen LogP contribution in [0.5, 0.6) is 0 Å². The molecular weight excluding hydrogens is 301 g/mol. The largest absolute Gasteiger partial charge is 0.399 e. The SMILES string of the molecule is CCn1nc(C)c(Cl)c1CSc1ccc(N)cc1Cl. The Morgan fingerprint density at radius 3 is 2.74 bits per heavy atom. The van der Waals surface area contributed by atoms with Gasteiger partial charge in [0.05, 0.1) is 21.4 Å². The van der Waals surface area contributed by atoms with E-state index in [1.807, 2.05) is 30.7 Å². The van der Waals surface area contributed by atoms with Crippen molar-refractivity contribution in [3.63, 3.8) is 0 Å². The minimum atomic E-state index is 0.667. The van der Waals surface area contributed by atoms with Crippen LogP contribution >= 0.6 is 35.0 Å². The third-order valence-electron chi connectivity index (χ3n) is 2.77. The van der Waals surface area contributed by atoms with Crippen molar-refractivity contribution in [1.82, 2.24) is 9.78 Å². The van der Waals surface area contributed by atoms with Crippen molar-refractivity contribution >= 4 is 40.7 Å². The first-order valence-electron chi connectivity index (χ1n) is 5.92. The highest BCUT2D eigenvalue weighted by Gasteiger charge is 2.13. The number of nitrogens with zero attached hydrogens (tertiary/aromatic N) is 2. The molecule has 1 aromatic heterocycles. The molecule has 0 saturated heterocycles. The lowest BCUT2D eigenvalue weighted by Gasteiger charge is -2.07. The Balaban J connectivity index is 2.18. The van der Waals surface area contributed by atoms with Gasteiger partial charge in [-0.25, -0.2) is 0 Å². The molecule has 2 aromatic rings. The molecule has 0 atom stereocenters. The Morgan fingerprint density at radius 2 is 2.11 bits per heavy atom. The van der Waals surface area contributed by atoms with Gasteiger partial charge in [0.1, 0.15) is 0 Å². The fourth-order valence-corrected chi connectivity index (χ4v) is 3.37. The summed E-state index contributed by atoms with van der Waals surface area (Å²) >= 11 is 14.1. The smallest absolute Gasteiger partial charge is 0.0855 e. The van der Waals surface area contributed by atoms with Crippen LogP contribution in [0.4, 0.5) is 5.69 Å². The van der Waals surface area contributed by atoms with E-state index in [9.17, 15) is 0 Å². The standard InChI is InChI=1S/C13H15Cl2N3S/c1-3-18-11(13(15)8(2)17-18)7-19-12-5-4-9(16)6-10(12)14/h4-6H,3,7,16H2,1-2H3. The van der Waals surface area contributed by atoms with Crippen LogP contribution in [0.25, 0.3) is 0 Å². The first-order valence-corrected chi connectivity index (χ1v) is 7.66. The highest BCUT2D eigenvalue weighted by Crippen LogP contribution is 2.33. The fourth-order valence-electron chi connectivity index (χ4n) is 1.79. The summed E-state index contributed by atoms with van der Waals surface area (Å²) in [6.07, 6.45) is 0. The van der Waals surface area contributed by atoms with Gasteiger partial charge in [0.2, 0.25) is 0 Å². The Kier molecular flexibility index (Phi) is 4.66. The summed E-state index contributed by atoms with van der Waals surface area (Å²) in [6.45, 7) is 4.77. The number of anilines is 1. The molecule has 1 aromatic carbocycles. The second-order valence-corrected chi connectivity index (χ2v) is 5.94. The van der Waals surface area contributed by atoms with Gasteiger partial charge in [0, 0.05) is 22.9 Å². The highest BCUT2D eigenvalue weighted by molar-refractivity contribution is 7.98. The molecule has 102 valence electrons. The number of aryl methyl sites for hydroxylation is 2. The van der Waals surface area contributed by atoms with Gasteiger partial charge < -0.3 is 5.73 Å². The Bertz CT molecular complexity index is 596. The minimum absolute atomic E-state index is 0.667.